The number of rotatable bonds is 3. The zero-order chi connectivity index (χ0) is 25.5. The number of amides is 1. The van der Waals surface area contributed by atoms with E-state index in [0.717, 1.165) is 57.2 Å². The van der Waals surface area contributed by atoms with Gasteiger partial charge < -0.3 is 10.1 Å². The topological polar surface area (TPSA) is 62.8 Å². The lowest BCUT2D eigenvalue weighted by Crippen LogP contribution is -2.59. The summed E-state index contributed by atoms with van der Waals surface area (Å²) in [6.07, 6.45) is 8.54. The van der Waals surface area contributed by atoms with Crippen molar-refractivity contribution in [3.63, 3.8) is 0 Å². The molecule has 198 valence electrons. The van der Waals surface area contributed by atoms with Crippen LogP contribution in [-0.2, 0) is 4.84 Å². The number of nitrogens with one attached hydrogen (secondary N) is 2. The zero-order valence-corrected chi connectivity index (χ0v) is 21.1. The van der Waals surface area contributed by atoms with Crippen LogP contribution in [0.15, 0.2) is 42.5 Å². The molecule has 6 rings (SSSR count). The Hall–Kier alpha value is -2.55. The summed E-state index contributed by atoms with van der Waals surface area (Å²) >= 11 is 0. The average molecular weight is 512 g/mol. The molecular weight excluding hydrogens is 476 g/mol. The maximum absolute atomic E-state index is 13.8. The number of halogens is 2. The van der Waals surface area contributed by atoms with Gasteiger partial charge in [-0.3, -0.25) is 14.5 Å². The Morgan fingerprint density at radius 1 is 0.946 bits per heavy atom. The van der Waals surface area contributed by atoms with E-state index in [1.807, 2.05) is 12.1 Å². The molecule has 3 aliphatic heterocycles. The molecule has 3 atom stereocenters. The molecule has 2 unspecified atom stereocenters. The first kappa shape index (κ1) is 24.8. The van der Waals surface area contributed by atoms with Crippen molar-refractivity contribution in [2.75, 3.05) is 26.2 Å². The molecule has 0 aromatic heterocycles. The van der Waals surface area contributed by atoms with Gasteiger partial charge in [0.05, 0.1) is 18.2 Å². The molecule has 2 N–H and O–H groups in total. The van der Waals surface area contributed by atoms with E-state index in [2.05, 4.69) is 15.7 Å². The quantitative estimate of drug-likeness (QED) is 0.614. The number of nitrogens with zero attached hydrogens (tertiary/aromatic N) is 1. The Kier molecular flexibility index (Phi) is 6.67. The van der Waals surface area contributed by atoms with Crippen LogP contribution < -0.4 is 15.5 Å². The van der Waals surface area contributed by atoms with Crippen LogP contribution in [0.2, 0.25) is 0 Å². The highest BCUT2D eigenvalue weighted by Gasteiger charge is 2.53. The van der Waals surface area contributed by atoms with E-state index in [0.29, 0.717) is 18.8 Å². The van der Waals surface area contributed by atoms with Crippen molar-refractivity contribution >= 4 is 5.91 Å². The Balaban J connectivity index is 1.23. The fourth-order valence-electron chi connectivity index (χ4n) is 7.03. The lowest BCUT2D eigenvalue weighted by molar-refractivity contribution is -0.0138. The largest absolute Gasteiger partial charge is 0.483 e. The summed E-state index contributed by atoms with van der Waals surface area (Å²) in [4.78, 5) is 21.4. The SMILES string of the molecule is O=C1NC[C@@]2(CCCN(CC3NOC(c4ccc(F)cc4)C34CCCCCC4)C2)Oc2ccc(F)cc21. The number of carbonyl (C=O) groups is 1. The van der Waals surface area contributed by atoms with Gasteiger partial charge in [-0.1, -0.05) is 37.8 Å². The highest BCUT2D eigenvalue weighted by Crippen LogP contribution is 2.53. The summed E-state index contributed by atoms with van der Waals surface area (Å²) in [6.45, 7) is 2.79. The summed E-state index contributed by atoms with van der Waals surface area (Å²) in [7, 11) is 0. The normalized spacial score (nSPS) is 29.8. The van der Waals surface area contributed by atoms with Crippen LogP contribution in [0.25, 0.3) is 0 Å². The van der Waals surface area contributed by atoms with Gasteiger partial charge in [0, 0.05) is 18.5 Å². The smallest absolute Gasteiger partial charge is 0.255 e. The first-order valence-electron chi connectivity index (χ1n) is 13.6. The summed E-state index contributed by atoms with van der Waals surface area (Å²) in [6, 6.07) is 11.0. The van der Waals surface area contributed by atoms with Gasteiger partial charge in [-0.05, 0) is 68.1 Å². The van der Waals surface area contributed by atoms with E-state index >= 15 is 0 Å². The Morgan fingerprint density at radius 2 is 1.70 bits per heavy atom. The predicted octanol–water partition coefficient (Wildman–Crippen LogP) is 4.91. The average Bonchev–Trinajstić information content (AvgIpc) is 3.02. The van der Waals surface area contributed by atoms with Gasteiger partial charge in [0.2, 0.25) is 0 Å². The minimum atomic E-state index is -0.566. The number of ether oxygens (including phenoxy) is 1. The van der Waals surface area contributed by atoms with Crippen LogP contribution in [0.4, 0.5) is 8.78 Å². The van der Waals surface area contributed by atoms with Crippen LogP contribution in [0, 0.1) is 17.0 Å². The summed E-state index contributed by atoms with van der Waals surface area (Å²) in [5, 5.41) is 2.97. The van der Waals surface area contributed by atoms with Gasteiger partial charge in [-0.15, -0.1) is 0 Å². The maximum atomic E-state index is 13.8. The maximum Gasteiger partial charge on any atom is 0.255 e. The molecule has 1 saturated carbocycles. The molecule has 1 amide bonds. The number of hydrogen-bond donors (Lipinski definition) is 2. The number of likely N-dealkylation sites (tertiary alicyclic amines) is 1. The number of carbonyl (C=O) groups excluding carboxylic acids is 1. The molecule has 2 aromatic rings. The molecule has 0 bridgehead atoms. The van der Waals surface area contributed by atoms with Crippen molar-refractivity contribution in [2.45, 2.75) is 69.1 Å². The summed E-state index contributed by atoms with van der Waals surface area (Å²) in [5.41, 5.74) is 4.04. The monoisotopic (exact) mass is 511 g/mol. The van der Waals surface area contributed by atoms with Gasteiger partial charge in [0.1, 0.15) is 29.1 Å². The molecule has 3 heterocycles. The molecule has 2 saturated heterocycles. The van der Waals surface area contributed by atoms with Gasteiger partial charge in [-0.25, -0.2) is 8.78 Å². The van der Waals surface area contributed by atoms with Crippen molar-refractivity contribution in [1.29, 1.82) is 0 Å². The Bertz CT molecular complexity index is 1140. The fourth-order valence-corrected chi connectivity index (χ4v) is 7.03. The first-order valence-corrected chi connectivity index (χ1v) is 13.6. The van der Waals surface area contributed by atoms with Crippen LogP contribution in [0.3, 0.4) is 0 Å². The van der Waals surface area contributed by atoms with Crippen LogP contribution in [0.1, 0.15) is 73.4 Å². The second-order valence-electron chi connectivity index (χ2n) is 11.3. The Labute approximate surface area is 216 Å². The minimum Gasteiger partial charge on any atom is -0.483 e. The molecule has 1 aliphatic carbocycles. The van der Waals surface area contributed by atoms with E-state index in [9.17, 15) is 13.6 Å². The number of hydrogen-bond acceptors (Lipinski definition) is 5. The molecule has 0 radical (unpaired) electrons. The van der Waals surface area contributed by atoms with Gasteiger partial charge >= 0.3 is 0 Å². The highest BCUT2D eigenvalue weighted by atomic mass is 19.1. The lowest BCUT2D eigenvalue weighted by atomic mass is 9.68. The van der Waals surface area contributed by atoms with Gasteiger partial charge in [0.25, 0.3) is 5.91 Å². The van der Waals surface area contributed by atoms with Crippen LogP contribution >= 0.6 is 0 Å². The number of hydroxylamine groups is 1. The van der Waals surface area contributed by atoms with Crippen molar-refractivity contribution in [3.8, 4) is 5.75 Å². The molecule has 3 fully saturated rings. The molecule has 2 spiro atoms. The van der Waals surface area contributed by atoms with Crippen molar-refractivity contribution in [1.82, 2.24) is 15.7 Å². The first-order chi connectivity index (χ1) is 18.0. The second kappa shape index (κ2) is 9.97. The third-order valence-electron chi connectivity index (χ3n) is 8.89. The Morgan fingerprint density at radius 3 is 2.49 bits per heavy atom. The minimum absolute atomic E-state index is 0.0679. The standard InChI is InChI=1S/C29H35F2N3O3/c30-21-8-6-20(7-9-21)26-29(13-3-1-2-4-14-29)25(33-37-26)17-34-15-5-12-28(19-34)18-32-27(35)23-16-22(31)10-11-24(23)36-28/h6-11,16,25-26,33H,1-5,12-15,17-19H2,(H,32,35)/t25?,26?,28-/m1/s1. The molecule has 37 heavy (non-hydrogen) atoms. The second-order valence-corrected chi connectivity index (χ2v) is 11.3. The number of fused-ring (bicyclic) bond motifs is 1. The molecule has 2 aromatic carbocycles. The van der Waals surface area contributed by atoms with Gasteiger partial charge in [0.15, 0.2) is 0 Å². The lowest BCUT2D eigenvalue weighted by Gasteiger charge is -2.45. The van der Waals surface area contributed by atoms with E-state index in [1.165, 1.54) is 37.1 Å². The number of piperidine rings is 1. The van der Waals surface area contributed by atoms with Crippen molar-refractivity contribution < 1.29 is 23.1 Å². The molecule has 4 aliphatic rings. The van der Waals surface area contributed by atoms with Crippen LogP contribution in [0.5, 0.6) is 5.75 Å². The van der Waals surface area contributed by atoms with Gasteiger partial charge in [-0.2, -0.15) is 5.48 Å². The molecule has 6 nitrogen and oxygen atoms in total. The molecular formula is C29H35F2N3O3. The molecule has 8 heteroatoms. The van der Waals surface area contributed by atoms with Crippen molar-refractivity contribution in [3.05, 3.63) is 65.2 Å². The van der Waals surface area contributed by atoms with E-state index in [4.69, 9.17) is 9.57 Å². The highest BCUT2D eigenvalue weighted by molar-refractivity contribution is 5.97. The van der Waals surface area contributed by atoms with E-state index in [-0.39, 0.29) is 34.8 Å². The summed E-state index contributed by atoms with van der Waals surface area (Å²) < 4.78 is 34.0. The third-order valence-corrected chi connectivity index (χ3v) is 8.89. The third kappa shape index (κ3) is 4.75. The number of benzene rings is 2. The van der Waals surface area contributed by atoms with E-state index < -0.39 is 11.4 Å². The fraction of sp³-hybridized carbons (Fsp3) is 0.552. The van der Waals surface area contributed by atoms with Crippen molar-refractivity contribution in [2.24, 2.45) is 5.41 Å². The van der Waals surface area contributed by atoms with Crippen LogP contribution in [-0.4, -0.2) is 48.6 Å². The van der Waals surface area contributed by atoms with E-state index in [1.54, 1.807) is 6.07 Å². The predicted molar refractivity (Wildman–Crippen MR) is 135 cm³/mol. The summed E-state index contributed by atoms with van der Waals surface area (Å²) in [5.74, 6) is -0.541. The zero-order valence-electron chi connectivity index (χ0n) is 21.1.